The first-order valence-electron chi connectivity index (χ1n) is 23.5. The maximum atomic E-state index is 15.5. The van der Waals surface area contributed by atoms with Crippen LogP contribution in [0.3, 0.4) is 0 Å². The molecule has 0 radical (unpaired) electrons. The molecule has 354 valence electrons. The third kappa shape index (κ3) is 6.56. The van der Waals surface area contributed by atoms with E-state index in [1.165, 1.54) is 21.1 Å². The van der Waals surface area contributed by atoms with Crippen molar-refractivity contribution >= 4 is 34.5 Å². The number of aromatic nitrogens is 1. The van der Waals surface area contributed by atoms with Crippen LogP contribution in [0.25, 0.3) is 10.9 Å². The van der Waals surface area contributed by atoms with Gasteiger partial charge in [0.25, 0.3) is 0 Å². The summed E-state index contributed by atoms with van der Waals surface area (Å²) in [4.78, 5) is 53.2. The molecule has 2 N–H and O–H groups in total. The van der Waals surface area contributed by atoms with E-state index in [1.807, 2.05) is 55.3 Å². The number of anilines is 1. The lowest BCUT2D eigenvalue weighted by molar-refractivity contribution is -0.228. The topological polar surface area (TPSA) is 134 Å². The average molecular weight is 911 g/mol. The highest BCUT2D eigenvalue weighted by atomic mass is 19.3. The van der Waals surface area contributed by atoms with E-state index in [9.17, 15) is 14.7 Å². The zero-order valence-corrected chi connectivity index (χ0v) is 39.7. The average Bonchev–Trinajstić information content (AvgIpc) is 3.94. The van der Waals surface area contributed by atoms with Crippen molar-refractivity contribution in [3.63, 3.8) is 0 Å². The van der Waals surface area contributed by atoms with Crippen molar-refractivity contribution in [1.29, 1.82) is 0 Å². The lowest BCUT2D eigenvalue weighted by Crippen LogP contribution is -2.81. The van der Waals surface area contributed by atoms with Crippen molar-refractivity contribution in [3.8, 4) is 17.6 Å². The molecule has 2 aromatic carbocycles. The van der Waals surface area contributed by atoms with Crippen LogP contribution in [-0.2, 0) is 45.8 Å². The first-order valence-corrected chi connectivity index (χ1v) is 23.5. The zero-order chi connectivity index (χ0) is 47.3. The molecule has 2 saturated heterocycles. The molecule has 3 aromatic rings. The number of carbonyl (C=O) groups is 3. The van der Waals surface area contributed by atoms with Crippen molar-refractivity contribution in [2.45, 2.75) is 114 Å². The number of fused-ring (bicyclic) bond motifs is 6. The number of ether oxygens (including phenoxy) is 4. The Balaban J connectivity index is 1.35. The number of esters is 3. The van der Waals surface area contributed by atoms with Gasteiger partial charge in [-0.3, -0.25) is 14.5 Å². The molecular formula is C52H64F2N4O8. The Morgan fingerprint density at radius 3 is 2.45 bits per heavy atom. The lowest BCUT2D eigenvalue weighted by atomic mass is 9.47. The number of hydrogen-bond donors (Lipinski definition) is 2. The number of aromatic amines is 1. The van der Waals surface area contributed by atoms with Crippen molar-refractivity contribution in [3.05, 3.63) is 70.4 Å². The molecule has 3 fully saturated rings. The summed E-state index contributed by atoms with van der Waals surface area (Å²) in [6, 6.07) is 8.56. The van der Waals surface area contributed by atoms with Crippen LogP contribution in [0.2, 0.25) is 0 Å². The third-order valence-electron chi connectivity index (χ3n) is 16.4. The summed E-state index contributed by atoms with van der Waals surface area (Å²) >= 11 is 0. The first-order chi connectivity index (χ1) is 31.3. The standard InChI is InChI=1S/C52H64F2N4O8/c1-10-49-18-12-20-58-22-19-50(43(49)58)37-25-38(41(63-7)26-40(37)56(6)44(50)52(62,47(61)65-9)45(49)66-31(4)59)51(46(60)64-8)27-33-23-34(48(5,53)54)29-57(28-33)21-17-35-36-24-32(14-11-13-30(2)3)15-16-39(36)55-42(35)51/h12,15-16,18,24-26,30,33-34,43-45,55,62H,10,13,17,19-23,27-29H2,1-9H3/t33?,34?,43?,44?,45-,49-,50-,51+,52+/m1/s1. The van der Waals surface area contributed by atoms with Crippen molar-refractivity contribution in [2.24, 2.45) is 23.2 Å². The van der Waals surface area contributed by atoms with Crippen LogP contribution in [0.15, 0.2) is 42.5 Å². The third-order valence-corrected chi connectivity index (χ3v) is 16.4. The van der Waals surface area contributed by atoms with Gasteiger partial charge in [-0.1, -0.05) is 44.8 Å². The van der Waals surface area contributed by atoms with E-state index < -0.39 is 63.7 Å². The molecule has 1 spiro atoms. The second kappa shape index (κ2) is 16.4. The predicted molar refractivity (Wildman–Crippen MR) is 246 cm³/mol. The summed E-state index contributed by atoms with van der Waals surface area (Å²) < 4.78 is 55.0. The van der Waals surface area contributed by atoms with Gasteiger partial charge in [-0.05, 0) is 92.8 Å². The zero-order valence-electron chi connectivity index (χ0n) is 39.7. The Kier molecular flexibility index (Phi) is 11.4. The number of methoxy groups -OCH3 is 3. The minimum absolute atomic E-state index is 0.128. The maximum Gasteiger partial charge on any atom is 0.344 e. The Morgan fingerprint density at radius 1 is 1.03 bits per heavy atom. The molecule has 14 heteroatoms. The Labute approximate surface area is 386 Å². The Morgan fingerprint density at radius 2 is 1.79 bits per heavy atom. The fraction of sp³-hybridized carbons (Fsp3) is 0.596. The number of aliphatic hydroxyl groups is 1. The van der Waals surface area contributed by atoms with Crippen molar-refractivity contribution in [1.82, 2.24) is 14.8 Å². The first kappa shape index (κ1) is 46.2. The number of likely N-dealkylation sites (N-methyl/N-ethyl adjacent to an activating group) is 1. The van der Waals surface area contributed by atoms with Gasteiger partial charge in [0.1, 0.15) is 11.2 Å². The highest BCUT2D eigenvalue weighted by molar-refractivity contribution is 5.95. The van der Waals surface area contributed by atoms with E-state index in [0.717, 1.165) is 40.9 Å². The molecule has 66 heavy (non-hydrogen) atoms. The smallest absolute Gasteiger partial charge is 0.344 e. The summed E-state index contributed by atoms with van der Waals surface area (Å²) in [7, 11) is 5.96. The lowest BCUT2D eigenvalue weighted by Gasteiger charge is -2.63. The largest absolute Gasteiger partial charge is 0.496 e. The number of carbonyl (C=O) groups excluding carboxylic acids is 3. The van der Waals surface area contributed by atoms with E-state index >= 15 is 13.6 Å². The number of piperidine rings is 1. The molecule has 5 unspecified atom stereocenters. The van der Waals surface area contributed by atoms with Crippen LogP contribution in [-0.4, -0.2) is 129 Å². The van der Waals surface area contributed by atoms with Crippen LogP contribution < -0.4 is 9.64 Å². The van der Waals surface area contributed by atoms with Gasteiger partial charge >= 0.3 is 17.9 Å². The number of halogens is 2. The van der Waals surface area contributed by atoms with E-state index in [4.69, 9.17) is 18.9 Å². The molecular weight excluding hydrogens is 847 g/mol. The van der Waals surface area contributed by atoms with Crippen LogP contribution >= 0.6 is 0 Å². The van der Waals surface area contributed by atoms with Crippen LogP contribution in [0.5, 0.6) is 5.75 Å². The van der Waals surface area contributed by atoms with E-state index in [2.05, 4.69) is 46.5 Å². The molecule has 12 nitrogen and oxygen atoms in total. The Bertz CT molecular complexity index is 2560. The molecule has 2 bridgehead atoms. The molecule has 9 rings (SSSR count). The van der Waals surface area contributed by atoms with Crippen LogP contribution in [0, 0.1) is 35.0 Å². The van der Waals surface area contributed by atoms with E-state index in [0.29, 0.717) is 74.1 Å². The van der Waals surface area contributed by atoms with Gasteiger partial charge in [0.05, 0.1) is 27.4 Å². The van der Waals surface area contributed by atoms with Crippen molar-refractivity contribution < 1.29 is 47.2 Å². The molecule has 1 saturated carbocycles. The summed E-state index contributed by atoms with van der Waals surface area (Å²) in [5.41, 5.74) is -0.935. The van der Waals surface area contributed by atoms with Gasteiger partial charge in [0, 0.05) is 109 Å². The highest BCUT2D eigenvalue weighted by Gasteiger charge is 2.80. The second-order valence-electron chi connectivity index (χ2n) is 20.4. The summed E-state index contributed by atoms with van der Waals surface area (Å²) in [6.07, 6.45) is 5.16. The van der Waals surface area contributed by atoms with Gasteiger partial charge < -0.3 is 38.8 Å². The number of alkyl halides is 2. The SMILES string of the molecule is CC[C@]12C=CCN3CC[C@@]4(c5cc([C@@]6(C(=O)OC)CC7CC(C(C)(F)F)CN(CCc8c6[nH]c6ccc(C#CCC(C)C)cc86)C7)c(OC)cc5N(C)C4[C@@](O)(C(=O)OC)[C@@H]1OC(C)=O)C32. The monoisotopic (exact) mass is 910 g/mol. The molecule has 5 aliphatic heterocycles. The highest BCUT2D eigenvalue weighted by Crippen LogP contribution is 2.68. The number of nitrogens with zero attached hydrogens (tertiary/aromatic N) is 3. The van der Waals surface area contributed by atoms with Gasteiger partial charge in [-0.25, -0.2) is 13.6 Å². The minimum Gasteiger partial charge on any atom is -0.496 e. The van der Waals surface area contributed by atoms with Gasteiger partial charge in [0.15, 0.2) is 6.10 Å². The van der Waals surface area contributed by atoms with E-state index in [-0.39, 0.29) is 31.3 Å². The summed E-state index contributed by atoms with van der Waals surface area (Å²) in [5.74, 6) is 1.03. The molecule has 6 heterocycles. The fourth-order valence-corrected chi connectivity index (χ4v) is 13.9. The normalized spacial score (nSPS) is 33.3. The van der Waals surface area contributed by atoms with Crippen LogP contribution in [0.1, 0.15) is 94.7 Å². The molecule has 0 amide bonds. The summed E-state index contributed by atoms with van der Waals surface area (Å²) in [5, 5.41) is 14.3. The molecule has 6 aliphatic rings. The number of hydrogen-bond acceptors (Lipinski definition) is 11. The van der Waals surface area contributed by atoms with Gasteiger partial charge in [0.2, 0.25) is 11.5 Å². The molecule has 1 aliphatic carbocycles. The predicted octanol–water partition coefficient (Wildman–Crippen LogP) is 6.52. The number of H-pyrrole nitrogens is 1. The Hall–Kier alpha value is -4.97. The number of nitrogens with one attached hydrogen (secondary N) is 1. The van der Waals surface area contributed by atoms with Gasteiger partial charge in [-0.2, -0.15) is 0 Å². The quantitative estimate of drug-likeness (QED) is 0.111. The minimum atomic E-state index is -2.95. The van der Waals surface area contributed by atoms with Crippen LogP contribution in [0.4, 0.5) is 14.5 Å². The second-order valence-corrected chi connectivity index (χ2v) is 20.4. The fourth-order valence-electron chi connectivity index (χ4n) is 13.9. The van der Waals surface area contributed by atoms with E-state index in [1.54, 1.807) is 7.11 Å². The number of benzene rings is 2. The summed E-state index contributed by atoms with van der Waals surface area (Å²) in [6.45, 7) is 11.0. The molecule has 10 atom stereocenters. The maximum absolute atomic E-state index is 15.5. The van der Waals surface area contributed by atoms with Crippen molar-refractivity contribution in [2.75, 3.05) is 66.0 Å². The van der Waals surface area contributed by atoms with Gasteiger partial charge in [-0.15, -0.1) is 0 Å². The molecule has 1 aromatic heterocycles. The number of rotatable bonds is 8.